The number of amides is 1. The van der Waals surface area contributed by atoms with Crippen LogP contribution in [0.3, 0.4) is 0 Å². The van der Waals surface area contributed by atoms with Gasteiger partial charge in [-0.1, -0.05) is 55.5 Å². The van der Waals surface area contributed by atoms with Gasteiger partial charge in [0.1, 0.15) is 5.01 Å². The fraction of sp³-hybridized carbons (Fsp3) is 0.471. The van der Waals surface area contributed by atoms with E-state index in [1.54, 1.807) is 0 Å². The van der Waals surface area contributed by atoms with Gasteiger partial charge in [-0.15, -0.1) is 10.2 Å². The quantitative estimate of drug-likeness (QED) is 0.648. The van der Waals surface area contributed by atoms with Crippen LogP contribution in [0.5, 0.6) is 0 Å². The molecule has 1 aromatic heterocycles. The lowest BCUT2D eigenvalue weighted by atomic mass is 10.0. The number of carbonyl (C=O) groups is 1. The number of rotatable bonds is 9. The number of hydrogen-bond acceptors (Lipinski definition) is 6. The Kier molecular flexibility index (Phi) is 7.30. The van der Waals surface area contributed by atoms with Crippen LogP contribution in [0, 0.1) is 5.92 Å². The first-order valence-corrected chi connectivity index (χ1v) is 8.91. The van der Waals surface area contributed by atoms with Gasteiger partial charge in [-0.05, 0) is 17.9 Å². The summed E-state index contributed by atoms with van der Waals surface area (Å²) in [4.78, 5) is 12.1. The highest BCUT2D eigenvalue weighted by molar-refractivity contribution is 7.15. The average Bonchev–Trinajstić information content (AvgIpc) is 2.98. The molecular formula is C17H24N4O2S. The average molecular weight is 348 g/mol. The number of anilines is 1. The molecule has 1 aromatic carbocycles. The monoisotopic (exact) mass is 348 g/mol. The first-order chi connectivity index (χ1) is 11.6. The number of aromatic nitrogens is 2. The molecule has 0 aliphatic rings. The van der Waals surface area contributed by atoms with E-state index in [9.17, 15) is 9.90 Å². The van der Waals surface area contributed by atoms with Gasteiger partial charge in [-0.3, -0.25) is 10.1 Å². The van der Waals surface area contributed by atoms with Gasteiger partial charge in [0.05, 0.1) is 6.54 Å². The number of aliphatic hydroxyl groups excluding tert-OH is 1. The predicted molar refractivity (Wildman–Crippen MR) is 96.0 cm³/mol. The molecule has 0 aliphatic carbocycles. The number of carbonyl (C=O) groups excluding carboxylic acids is 1. The zero-order chi connectivity index (χ0) is 17.4. The van der Waals surface area contributed by atoms with Gasteiger partial charge in [-0.25, -0.2) is 0 Å². The highest BCUT2D eigenvalue weighted by Crippen LogP contribution is 2.18. The second-order valence-electron chi connectivity index (χ2n) is 6.00. The first-order valence-electron chi connectivity index (χ1n) is 8.10. The molecule has 0 fully saturated rings. The number of benzene rings is 1. The summed E-state index contributed by atoms with van der Waals surface area (Å²) in [5.41, 5.74) is 1.05. The Morgan fingerprint density at radius 3 is 2.67 bits per heavy atom. The number of nitrogens with zero attached hydrogens (tertiary/aromatic N) is 2. The SMILES string of the molecule is CC(C)Cc1nnc(NC(=O)CNC(CCO)c2ccccc2)s1. The molecule has 1 atom stereocenters. The van der Waals surface area contributed by atoms with Crippen LogP contribution in [0.4, 0.5) is 5.13 Å². The molecular weight excluding hydrogens is 324 g/mol. The maximum absolute atomic E-state index is 12.1. The molecule has 1 unspecified atom stereocenters. The van der Waals surface area contributed by atoms with Gasteiger partial charge < -0.3 is 10.4 Å². The molecule has 1 amide bonds. The minimum Gasteiger partial charge on any atom is -0.396 e. The van der Waals surface area contributed by atoms with Crippen molar-refractivity contribution in [3.63, 3.8) is 0 Å². The van der Waals surface area contributed by atoms with E-state index in [4.69, 9.17) is 0 Å². The largest absolute Gasteiger partial charge is 0.396 e. The van der Waals surface area contributed by atoms with Gasteiger partial charge in [0.2, 0.25) is 11.0 Å². The molecule has 0 aliphatic heterocycles. The van der Waals surface area contributed by atoms with Gasteiger partial charge in [0, 0.05) is 19.1 Å². The molecule has 3 N–H and O–H groups in total. The Balaban J connectivity index is 1.86. The number of hydrogen-bond donors (Lipinski definition) is 3. The van der Waals surface area contributed by atoms with Gasteiger partial charge in [-0.2, -0.15) is 0 Å². The van der Waals surface area contributed by atoms with Crippen molar-refractivity contribution in [1.29, 1.82) is 0 Å². The summed E-state index contributed by atoms with van der Waals surface area (Å²) < 4.78 is 0. The molecule has 2 rings (SSSR count). The second-order valence-corrected chi connectivity index (χ2v) is 7.07. The summed E-state index contributed by atoms with van der Waals surface area (Å²) in [5, 5.41) is 24.7. The molecule has 0 radical (unpaired) electrons. The van der Waals surface area contributed by atoms with E-state index in [0.717, 1.165) is 17.0 Å². The van der Waals surface area contributed by atoms with E-state index in [-0.39, 0.29) is 25.1 Å². The summed E-state index contributed by atoms with van der Waals surface area (Å²) in [6.07, 6.45) is 1.41. The molecule has 1 heterocycles. The Morgan fingerprint density at radius 2 is 2.00 bits per heavy atom. The van der Waals surface area contributed by atoms with Crippen molar-refractivity contribution in [2.75, 3.05) is 18.5 Å². The van der Waals surface area contributed by atoms with Crippen molar-refractivity contribution >= 4 is 22.4 Å². The molecule has 2 aromatic rings. The Hall–Kier alpha value is -1.83. The Morgan fingerprint density at radius 1 is 1.25 bits per heavy atom. The minimum absolute atomic E-state index is 0.0587. The van der Waals surface area contributed by atoms with Crippen LogP contribution in [0.1, 0.15) is 36.9 Å². The fourth-order valence-corrected chi connectivity index (χ4v) is 3.28. The summed E-state index contributed by atoms with van der Waals surface area (Å²) >= 11 is 1.41. The third-order valence-electron chi connectivity index (χ3n) is 3.42. The van der Waals surface area contributed by atoms with Crippen molar-refractivity contribution in [2.24, 2.45) is 5.92 Å². The Bertz CT molecular complexity index is 631. The summed E-state index contributed by atoms with van der Waals surface area (Å²) in [5.74, 6) is 0.342. The van der Waals surface area contributed by atoms with Crippen LogP contribution in [0.15, 0.2) is 30.3 Å². The Labute approximate surface area is 146 Å². The standard InChI is InChI=1S/C17H24N4O2S/c1-12(2)10-16-20-21-17(24-16)19-15(23)11-18-14(8-9-22)13-6-4-3-5-7-13/h3-7,12,14,18,22H,8-11H2,1-2H3,(H,19,21,23). The van der Waals surface area contributed by atoms with E-state index in [1.807, 2.05) is 30.3 Å². The van der Waals surface area contributed by atoms with E-state index in [2.05, 4.69) is 34.7 Å². The molecule has 130 valence electrons. The molecule has 0 saturated carbocycles. The lowest BCUT2D eigenvalue weighted by Crippen LogP contribution is -2.31. The molecule has 7 heteroatoms. The van der Waals surface area contributed by atoms with Crippen molar-refractivity contribution < 1.29 is 9.90 Å². The summed E-state index contributed by atoms with van der Waals surface area (Å²) in [7, 11) is 0. The van der Waals surface area contributed by atoms with Crippen molar-refractivity contribution in [2.45, 2.75) is 32.7 Å². The number of aliphatic hydroxyl groups is 1. The summed E-state index contributed by atoms with van der Waals surface area (Å²) in [6, 6.07) is 9.73. The van der Waals surface area contributed by atoms with Crippen LogP contribution in [0.2, 0.25) is 0 Å². The zero-order valence-corrected chi connectivity index (χ0v) is 14.8. The number of nitrogens with one attached hydrogen (secondary N) is 2. The van der Waals surface area contributed by atoms with Crippen LogP contribution in [-0.2, 0) is 11.2 Å². The van der Waals surface area contributed by atoms with Gasteiger partial charge >= 0.3 is 0 Å². The highest BCUT2D eigenvalue weighted by Gasteiger charge is 2.13. The minimum atomic E-state index is -0.166. The van der Waals surface area contributed by atoms with E-state index in [0.29, 0.717) is 17.5 Å². The first kappa shape index (κ1) is 18.5. The lowest BCUT2D eigenvalue weighted by molar-refractivity contribution is -0.115. The normalized spacial score (nSPS) is 12.3. The predicted octanol–water partition coefficient (Wildman–Crippen LogP) is 2.39. The van der Waals surface area contributed by atoms with E-state index >= 15 is 0 Å². The lowest BCUT2D eigenvalue weighted by Gasteiger charge is -2.17. The smallest absolute Gasteiger partial charge is 0.240 e. The van der Waals surface area contributed by atoms with E-state index < -0.39 is 0 Å². The van der Waals surface area contributed by atoms with Crippen molar-refractivity contribution in [3.05, 3.63) is 40.9 Å². The highest BCUT2D eigenvalue weighted by atomic mass is 32.1. The van der Waals surface area contributed by atoms with Crippen LogP contribution < -0.4 is 10.6 Å². The summed E-state index contributed by atoms with van der Waals surface area (Å²) in [6.45, 7) is 4.45. The molecule has 6 nitrogen and oxygen atoms in total. The molecule has 0 bridgehead atoms. The van der Waals surface area contributed by atoms with Gasteiger partial charge in [0.25, 0.3) is 0 Å². The third kappa shape index (κ3) is 5.99. The third-order valence-corrected chi connectivity index (χ3v) is 4.29. The fourth-order valence-electron chi connectivity index (χ4n) is 2.32. The van der Waals surface area contributed by atoms with Crippen LogP contribution in [0.25, 0.3) is 0 Å². The van der Waals surface area contributed by atoms with Gasteiger partial charge in [0.15, 0.2) is 0 Å². The molecule has 24 heavy (non-hydrogen) atoms. The zero-order valence-electron chi connectivity index (χ0n) is 14.0. The topological polar surface area (TPSA) is 87.1 Å². The molecule has 0 saturated heterocycles. The van der Waals surface area contributed by atoms with Crippen molar-refractivity contribution in [1.82, 2.24) is 15.5 Å². The van der Waals surface area contributed by atoms with E-state index in [1.165, 1.54) is 11.3 Å². The van der Waals surface area contributed by atoms with Crippen LogP contribution in [-0.4, -0.2) is 34.4 Å². The maximum atomic E-state index is 12.1. The van der Waals surface area contributed by atoms with Crippen molar-refractivity contribution in [3.8, 4) is 0 Å². The molecule has 0 spiro atoms. The maximum Gasteiger partial charge on any atom is 0.240 e. The second kappa shape index (κ2) is 9.46. The van der Waals surface area contributed by atoms with Crippen LogP contribution >= 0.6 is 11.3 Å².